The van der Waals surface area contributed by atoms with Gasteiger partial charge in [0.05, 0.1) is 10.7 Å². The van der Waals surface area contributed by atoms with Gasteiger partial charge in [-0.05, 0) is 66.1 Å². The zero-order valence-electron chi connectivity index (χ0n) is 12.9. The van der Waals surface area contributed by atoms with Crippen molar-refractivity contribution in [3.8, 4) is 0 Å². The Morgan fingerprint density at radius 2 is 2.05 bits per heavy atom. The van der Waals surface area contributed by atoms with Gasteiger partial charge in [0.25, 0.3) is 0 Å². The molecule has 0 saturated carbocycles. The predicted molar refractivity (Wildman–Crippen MR) is 99.4 cm³/mol. The fraction of sp³-hybridized carbons (Fsp3) is 0.647. The van der Waals surface area contributed by atoms with Crippen LogP contribution < -0.4 is 4.90 Å². The highest BCUT2D eigenvalue weighted by Crippen LogP contribution is 2.35. The van der Waals surface area contributed by atoms with Crippen molar-refractivity contribution in [3.63, 3.8) is 0 Å². The second kappa shape index (κ2) is 6.63. The van der Waals surface area contributed by atoms with Crippen LogP contribution in [0, 0.1) is 9.49 Å². The summed E-state index contributed by atoms with van der Waals surface area (Å²) in [5, 5.41) is 0.900. The maximum atomic E-state index is 6.55. The lowest BCUT2D eigenvalue weighted by Crippen LogP contribution is -2.61. The minimum atomic E-state index is 0.567. The van der Waals surface area contributed by atoms with E-state index in [2.05, 4.69) is 64.4 Å². The molecule has 2 atom stereocenters. The topological polar surface area (TPSA) is 6.48 Å². The molecule has 2 aliphatic heterocycles. The molecule has 0 radical (unpaired) electrons. The number of piperazine rings is 1. The largest absolute Gasteiger partial charge is 0.364 e. The van der Waals surface area contributed by atoms with Gasteiger partial charge in [0.1, 0.15) is 0 Å². The quantitative estimate of drug-likeness (QED) is 0.645. The van der Waals surface area contributed by atoms with Crippen LogP contribution in [-0.4, -0.2) is 36.6 Å². The number of hydrogen-bond donors (Lipinski definition) is 0. The second-order valence-corrected chi connectivity index (χ2v) is 8.36. The van der Waals surface area contributed by atoms with E-state index in [-0.39, 0.29) is 0 Å². The highest BCUT2D eigenvalue weighted by Gasteiger charge is 2.36. The van der Waals surface area contributed by atoms with E-state index in [1.54, 1.807) is 0 Å². The third-order valence-corrected chi connectivity index (χ3v) is 5.94. The second-order valence-electron chi connectivity index (χ2n) is 6.70. The Labute approximate surface area is 147 Å². The normalized spacial score (nSPS) is 27.0. The number of anilines is 1. The van der Waals surface area contributed by atoms with Gasteiger partial charge in [-0.3, -0.25) is 4.90 Å². The molecule has 1 aromatic carbocycles. The molecular weight excluding hydrogens is 395 g/mol. The van der Waals surface area contributed by atoms with Crippen molar-refractivity contribution in [1.82, 2.24) is 4.90 Å². The van der Waals surface area contributed by atoms with Crippen LogP contribution >= 0.6 is 34.2 Å². The molecule has 0 spiro atoms. The van der Waals surface area contributed by atoms with Crippen molar-refractivity contribution in [2.45, 2.75) is 45.2 Å². The van der Waals surface area contributed by atoms with Crippen LogP contribution in [0.5, 0.6) is 0 Å². The summed E-state index contributed by atoms with van der Waals surface area (Å²) in [4.78, 5) is 5.29. The van der Waals surface area contributed by atoms with Gasteiger partial charge in [0, 0.05) is 28.7 Å². The molecule has 2 aliphatic rings. The lowest BCUT2D eigenvalue weighted by atomic mass is 9.91. The number of nitrogens with zero attached hydrogens (tertiary/aromatic N) is 2. The van der Waals surface area contributed by atoms with Crippen molar-refractivity contribution in [3.05, 3.63) is 26.8 Å². The van der Waals surface area contributed by atoms with Crippen molar-refractivity contribution < 1.29 is 0 Å². The highest BCUT2D eigenvalue weighted by molar-refractivity contribution is 14.1. The van der Waals surface area contributed by atoms with Gasteiger partial charge in [-0.1, -0.05) is 31.9 Å². The van der Waals surface area contributed by atoms with E-state index in [1.165, 1.54) is 41.6 Å². The average Bonchev–Trinajstić information content (AvgIpc) is 2.46. The Morgan fingerprint density at radius 3 is 2.76 bits per heavy atom. The summed E-state index contributed by atoms with van der Waals surface area (Å²) in [5.41, 5.74) is 1.22. The van der Waals surface area contributed by atoms with Crippen LogP contribution in [0.2, 0.25) is 5.02 Å². The van der Waals surface area contributed by atoms with E-state index in [4.69, 9.17) is 11.6 Å². The molecule has 2 nitrogen and oxygen atoms in total. The summed E-state index contributed by atoms with van der Waals surface area (Å²) in [6, 6.07) is 7.74. The van der Waals surface area contributed by atoms with E-state index in [9.17, 15) is 0 Å². The SMILES string of the molecule is CC(C)C1CN2CCCCC2CN1c1ccc(I)cc1Cl. The number of rotatable bonds is 2. The highest BCUT2D eigenvalue weighted by atomic mass is 127. The lowest BCUT2D eigenvalue weighted by molar-refractivity contribution is 0.100. The van der Waals surface area contributed by atoms with E-state index in [1.807, 2.05) is 0 Å². The average molecular weight is 419 g/mol. The van der Waals surface area contributed by atoms with Crippen LogP contribution in [0.4, 0.5) is 5.69 Å². The summed E-state index contributed by atoms with van der Waals surface area (Å²) in [6.45, 7) is 8.26. The Bertz CT molecular complexity index is 506. The first-order valence-corrected chi connectivity index (χ1v) is 9.47. The van der Waals surface area contributed by atoms with Gasteiger partial charge in [-0.25, -0.2) is 0 Å². The molecule has 1 aromatic rings. The maximum Gasteiger partial charge on any atom is 0.0650 e. The predicted octanol–water partition coefficient (Wildman–Crippen LogP) is 4.64. The van der Waals surface area contributed by atoms with Crippen LogP contribution in [0.25, 0.3) is 0 Å². The van der Waals surface area contributed by atoms with Crippen molar-refractivity contribution >= 4 is 39.9 Å². The third-order valence-electron chi connectivity index (χ3n) is 4.97. The number of piperidine rings is 1. The van der Waals surface area contributed by atoms with E-state index >= 15 is 0 Å². The number of hydrogen-bond acceptors (Lipinski definition) is 2. The molecule has 4 heteroatoms. The fourth-order valence-electron chi connectivity index (χ4n) is 3.77. The Kier molecular flexibility index (Phi) is 5.01. The van der Waals surface area contributed by atoms with Gasteiger partial charge in [0.2, 0.25) is 0 Å². The molecule has 2 heterocycles. The van der Waals surface area contributed by atoms with Gasteiger partial charge in [0.15, 0.2) is 0 Å². The van der Waals surface area contributed by atoms with Crippen LogP contribution in [-0.2, 0) is 0 Å². The third kappa shape index (κ3) is 3.35. The molecule has 116 valence electrons. The zero-order chi connectivity index (χ0) is 15.0. The van der Waals surface area contributed by atoms with Crippen molar-refractivity contribution in [2.75, 3.05) is 24.5 Å². The van der Waals surface area contributed by atoms with Crippen LogP contribution in [0.3, 0.4) is 0 Å². The van der Waals surface area contributed by atoms with E-state index in [0.717, 1.165) is 11.6 Å². The van der Waals surface area contributed by atoms with Gasteiger partial charge >= 0.3 is 0 Å². The molecule has 3 rings (SSSR count). The van der Waals surface area contributed by atoms with Gasteiger partial charge < -0.3 is 4.90 Å². The smallest absolute Gasteiger partial charge is 0.0650 e. The van der Waals surface area contributed by atoms with E-state index in [0.29, 0.717) is 18.0 Å². The number of benzene rings is 1. The molecule has 0 aromatic heterocycles. The molecule has 0 bridgehead atoms. The molecule has 2 fully saturated rings. The Morgan fingerprint density at radius 1 is 1.24 bits per heavy atom. The maximum absolute atomic E-state index is 6.55. The number of halogens is 2. The minimum Gasteiger partial charge on any atom is -0.364 e. The first kappa shape index (κ1) is 15.9. The molecule has 2 saturated heterocycles. The standard InChI is InChI=1S/C17H24ClIN2/c1-12(2)17-11-20-8-4-3-5-14(20)10-21(17)16-7-6-13(19)9-15(16)18/h6-7,9,12,14,17H,3-5,8,10-11H2,1-2H3. The first-order chi connectivity index (χ1) is 10.1. The fourth-order valence-corrected chi connectivity index (χ4v) is 4.73. The molecular formula is C17H24ClIN2. The molecule has 0 aliphatic carbocycles. The molecule has 0 amide bonds. The lowest BCUT2D eigenvalue weighted by Gasteiger charge is -2.51. The summed E-state index contributed by atoms with van der Waals surface area (Å²) in [6.07, 6.45) is 4.08. The van der Waals surface area contributed by atoms with Gasteiger partial charge in [-0.2, -0.15) is 0 Å². The number of fused-ring (bicyclic) bond motifs is 1. The Hall–Kier alpha value is -0.0000000000000000555. The van der Waals surface area contributed by atoms with E-state index < -0.39 is 0 Å². The summed E-state index contributed by atoms with van der Waals surface area (Å²) < 4.78 is 1.21. The molecule has 2 unspecified atom stereocenters. The zero-order valence-corrected chi connectivity index (χ0v) is 15.8. The van der Waals surface area contributed by atoms with Gasteiger partial charge in [-0.15, -0.1) is 0 Å². The summed E-state index contributed by atoms with van der Waals surface area (Å²) >= 11 is 8.88. The summed E-state index contributed by atoms with van der Waals surface area (Å²) in [5.74, 6) is 0.642. The summed E-state index contributed by atoms with van der Waals surface area (Å²) in [7, 11) is 0. The monoisotopic (exact) mass is 418 g/mol. The molecule has 21 heavy (non-hydrogen) atoms. The Balaban J connectivity index is 1.90. The molecule has 0 N–H and O–H groups in total. The van der Waals surface area contributed by atoms with Crippen molar-refractivity contribution in [1.29, 1.82) is 0 Å². The minimum absolute atomic E-state index is 0.567. The van der Waals surface area contributed by atoms with Crippen molar-refractivity contribution in [2.24, 2.45) is 5.92 Å². The van der Waals surface area contributed by atoms with Crippen LogP contribution in [0.15, 0.2) is 18.2 Å². The van der Waals surface area contributed by atoms with Crippen LogP contribution in [0.1, 0.15) is 33.1 Å². The first-order valence-electron chi connectivity index (χ1n) is 8.02.